The summed E-state index contributed by atoms with van der Waals surface area (Å²) in [5, 5.41) is 3.55. The molecule has 1 aromatic carbocycles. The van der Waals surface area contributed by atoms with Crippen LogP contribution in [0.3, 0.4) is 0 Å². The van der Waals surface area contributed by atoms with Gasteiger partial charge in [-0.25, -0.2) is 0 Å². The second-order valence-corrected chi connectivity index (χ2v) is 6.89. The Morgan fingerprint density at radius 3 is 2.71 bits per heavy atom. The largest absolute Gasteiger partial charge is 0.376 e. The average Bonchev–Trinajstić information content (AvgIpc) is 3.13. The Morgan fingerprint density at radius 2 is 2.04 bits per heavy atom. The van der Waals surface area contributed by atoms with E-state index in [1.807, 2.05) is 0 Å². The van der Waals surface area contributed by atoms with Gasteiger partial charge in [0.2, 0.25) is 5.91 Å². The monoisotopic (exact) mass is 350 g/mol. The maximum Gasteiger partial charge on any atom is 0.253 e. The molecule has 2 aliphatic rings. The predicted molar refractivity (Wildman–Crippen MR) is 92.1 cm³/mol. The number of hydrogen-bond acceptors (Lipinski definition) is 3. The Morgan fingerprint density at radius 1 is 1.25 bits per heavy atom. The Balaban J connectivity index is 1.46. The Hall–Kier alpha value is -1.59. The lowest BCUT2D eigenvalue weighted by atomic mass is 9.95. The first kappa shape index (κ1) is 17.2. The minimum absolute atomic E-state index is 0.0179. The third kappa shape index (κ3) is 4.28. The minimum atomic E-state index is -0.0187. The molecule has 2 heterocycles. The molecule has 2 aliphatic heterocycles. The summed E-state index contributed by atoms with van der Waals surface area (Å²) in [7, 11) is 0. The summed E-state index contributed by atoms with van der Waals surface area (Å²) in [4.78, 5) is 26.5. The van der Waals surface area contributed by atoms with Crippen molar-refractivity contribution in [2.75, 3.05) is 26.2 Å². The van der Waals surface area contributed by atoms with Crippen LogP contribution in [0.5, 0.6) is 0 Å². The van der Waals surface area contributed by atoms with Gasteiger partial charge in [0.25, 0.3) is 5.91 Å². The molecule has 0 spiro atoms. The Bertz CT molecular complexity index is 594. The van der Waals surface area contributed by atoms with Gasteiger partial charge in [0, 0.05) is 42.7 Å². The van der Waals surface area contributed by atoms with Gasteiger partial charge in [0.1, 0.15) is 0 Å². The molecule has 2 saturated heterocycles. The standard InChI is InChI=1S/C18H23ClN2O3/c19-15-4-1-3-14(11-15)18(23)21-8-6-13(7-9-21)17(22)20-12-16-5-2-10-24-16/h1,3-4,11,13,16H,2,5-10,12H2,(H,20,22)/t16-/m1/s1. The zero-order chi connectivity index (χ0) is 16.9. The summed E-state index contributed by atoms with van der Waals surface area (Å²) >= 11 is 5.95. The molecule has 1 atom stereocenters. The van der Waals surface area contributed by atoms with Crippen LogP contribution in [0.15, 0.2) is 24.3 Å². The van der Waals surface area contributed by atoms with Crippen LogP contribution in [-0.4, -0.2) is 49.1 Å². The van der Waals surface area contributed by atoms with E-state index in [0.29, 0.717) is 43.1 Å². The topological polar surface area (TPSA) is 58.6 Å². The van der Waals surface area contributed by atoms with Crippen LogP contribution in [-0.2, 0) is 9.53 Å². The van der Waals surface area contributed by atoms with Gasteiger partial charge >= 0.3 is 0 Å². The molecule has 3 rings (SSSR count). The number of carbonyl (C=O) groups is 2. The zero-order valence-electron chi connectivity index (χ0n) is 13.7. The molecule has 6 heteroatoms. The SMILES string of the molecule is O=C(NC[C@H]1CCCO1)C1CCN(C(=O)c2cccc(Cl)c2)CC1. The molecule has 0 saturated carbocycles. The van der Waals surface area contributed by atoms with E-state index in [4.69, 9.17) is 16.3 Å². The van der Waals surface area contributed by atoms with Gasteiger partial charge in [0.15, 0.2) is 0 Å². The van der Waals surface area contributed by atoms with Crippen LogP contribution in [0, 0.1) is 5.92 Å². The Labute approximate surface area is 147 Å². The van der Waals surface area contributed by atoms with Gasteiger partial charge in [-0.1, -0.05) is 17.7 Å². The van der Waals surface area contributed by atoms with Crippen molar-refractivity contribution in [1.29, 1.82) is 0 Å². The highest BCUT2D eigenvalue weighted by atomic mass is 35.5. The minimum Gasteiger partial charge on any atom is -0.376 e. The van der Waals surface area contributed by atoms with Crippen LogP contribution in [0.4, 0.5) is 0 Å². The third-order valence-electron chi connectivity index (χ3n) is 4.75. The van der Waals surface area contributed by atoms with E-state index in [-0.39, 0.29) is 23.8 Å². The van der Waals surface area contributed by atoms with Crippen LogP contribution in [0.2, 0.25) is 5.02 Å². The summed E-state index contributed by atoms with van der Waals surface area (Å²) in [6.07, 6.45) is 3.66. The molecule has 2 amide bonds. The quantitative estimate of drug-likeness (QED) is 0.907. The van der Waals surface area contributed by atoms with Crippen molar-refractivity contribution in [3.63, 3.8) is 0 Å². The fourth-order valence-corrected chi connectivity index (χ4v) is 3.50. The number of benzene rings is 1. The second kappa shape index (κ2) is 7.99. The van der Waals surface area contributed by atoms with Crippen molar-refractivity contribution >= 4 is 23.4 Å². The van der Waals surface area contributed by atoms with E-state index >= 15 is 0 Å². The zero-order valence-corrected chi connectivity index (χ0v) is 14.4. The van der Waals surface area contributed by atoms with Gasteiger partial charge in [-0.15, -0.1) is 0 Å². The molecule has 130 valence electrons. The van der Waals surface area contributed by atoms with Crippen molar-refractivity contribution in [2.24, 2.45) is 5.92 Å². The smallest absolute Gasteiger partial charge is 0.253 e. The number of amides is 2. The molecule has 1 N–H and O–H groups in total. The highest BCUT2D eigenvalue weighted by Gasteiger charge is 2.28. The molecular weight excluding hydrogens is 328 g/mol. The lowest BCUT2D eigenvalue weighted by Gasteiger charge is -2.31. The average molecular weight is 351 g/mol. The van der Waals surface area contributed by atoms with Crippen LogP contribution >= 0.6 is 11.6 Å². The highest BCUT2D eigenvalue weighted by molar-refractivity contribution is 6.30. The fraction of sp³-hybridized carbons (Fsp3) is 0.556. The van der Waals surface area contributed by atoms with E-state index in [9.17, 15) is 9.59 Å². The maximum absolute atomic E-state index is 12.5. The van der Waals surface area contributed by atoms with Gasteiger partial charge in [-0.05, 0) is 43.9 Å². The molecule has 2 fully saturated rings. The van der Waals surface area contributed by atoms with Crippen molar-refractivity contribution in [2.45, 2.75) is 31.8 Å². The van der Waals surface area contributed by atoms with E-state index in [2.05, 4.69) is 5.32 Å². The number of ether oxygens (including phenoxy) is 1. The summed E-state index contributed by atoms with van der Waals surface area (Å²) in [5.41, 5.74) is 0.601. The van der Waals surface area contributed by atoms with Crippen LogP contribution < -0.4 is 5.32 Å². The second-order valence-electron chi connectivity index (χ2n) is 6.46. The number of nitrogens with one attached hydrogen (secondary N) is 1. The number of likely N-dealkylation sites (tertiary alicyclic amines) is 1. The van der Waals surface area contributed by atoms with Gasteiger partial charge in [0.05, 0.1) is 6.10 Å². The molecule has 0 aromatic heterocycles. The van der Waals surface area contributed by atoms with Gasteiger partial charge in [-0.3, -0.25) is 9.59 Å². The number of hydrogen-bond donors (Lipinski definition) is 1. The lowest BCUT2D eigenvalue weighted by Crippen LogP contribution is -2.44. The van der Waals surface area contributed by atoms with Gasteiger partial charge in [-0.2, -0.15) is 0 Å². The first-order valence-electron chi connectivity index (χ1n) is 8.57. The lowest BCUT2D eigenvalue weighted by molar-refractivity contribution is -0.126. The number of piperidine rings is 1. The van der Waals surface area contributed by atoms with Crippen LogP contribution in [0.1, 0.15) is 36.0 Å². The molecule has 24 heavy (non-hydrogen) atoms. The molecule has 5 nitrogen and oxygen atoms in total. The third-order valence-corrected chi connectivity index (χ3v) is 4.99. The van der Waals surface area contributed by atoms with Crippen molar-refractivity contribution in [3.05, 3.63) is 34.9 Å². The van der Waals surface area contributed by atoms with E-state index in [0.717, 1.165) is 19.4 Å². The molecule has 0 unspecified atom stereocenters. The number of rotatable bonds is 4. The summed E-state index contributed by atoms with van der Waals surface area (Å²) in [5.74, 6) is 0.0471. The summed E-state index contributed by atoms with van der Waals surface area (Å²) in [6, 6.07) is 6.99. The first-order valence-corrected chi connectivity index (χ1v) is 8.95. The van der Waals surface area contributed by atoms with E-state index < -0.39 is 0 Å². The van der Waals surface area contributed by atoms with Crippen molar-refractivity contribution in [1.82, 2.24) is 10.2 Å². The number of carbonyl (C=O) groups excluding carboxylic acids is 2. The van der Waals surface area contributed by atoms with Gasteiger partial charge < -0.3 is 15.0 Å². The molecule has 0 radical (unpaired) electrons. The number of nitrogens with zero attached hydrogens (tertiary/aromatic N) is 1. The number of halogens is 1. The van der Waals surface area contributed by atoms with E-state index in [1.165, 1.54) is 0 Å². The normalized spacial score (nSPS) is 21.7. The Kier molecular flexibility index (Phi) is 5.74. The maximum atomic E-state index is 12.5. The van der Waals surface area contributed by atoms with E-state index in [1.54, 1.807) is 29.2 Å². The molecule has 0 aliphatic carbocycles. The molecule has 1 aromatic rings. The predicted octanol–water partition coefficient (Wildman–Crippen LogP) is 2.49. The van der Waals surface area contributed by atoms with Crippen molar-refractivity contribution < 1.29 is 14.3 Å². The van der Waals surface area contributed by atoms with Crippen molar-refractivity contribution in [3.8, 4) is 0 Å². The molecule has 0 bridgehead atoms. The summed E-state index contributed by atoms with van der Waals surface area (Å²) < 4.78 is 5.52. The van der Waals surface area contributed by atoms with Crippen LogP contribution in [0.25, 0.3) is 0 Å². The highest BCUT2D eigenvalue weighted by Crippen LogP contribution is 2.21. The first-order chi connectivity index (χ1) is 11.6. The molecular formula is C18H23ClN2O3. The summed E-state index contributed by atoms with van der Waals surface area (Å²) in [6.45, 7) is 2.59. The fourth-order valence-electron chi connectivity index (χ4n) is 3.31.